The number of amides is 3. The molecule has 1 aromatic carbocycles. The average Bonchev–Trinajstić information content (AvgIpc) is 2.77. The number of rotatable bonds is 12. The molecule has 0 bridgehead atoms. The monoisotopic (exact) mass is 423 g/mol. The van der Waals surface area contributed by atoms with Gasteiger partial charge in [0.2, 0.25) is 0 Å². The first-order chi connectivity index (χ1) is 14.4. The Labute approximate surface area is 177 Å². The van der Waals surface area contributed by atoms with E-state index in [2.05, 4.69) is 0 Å². The molecule has 0 aromatic heterocycles. The minimum absolute atomic E-state index is 0.0672. The quantitative estimate of drug-likeness (QED) is 0.437. The molecule has 0 fully saturated rings. The molecule has 3 amide bonds. The number of likely N-dealkylation sites (N-methyl/N-ethyl adjacent to an activating group) is 3. The number of aliphatic hydroxyl groups is 3. The molecule has 0 heterocycles. The predicted molar refractivity (Wildman–Crippen MR) is 112 cm³/mol. The van der Waals surface area contributed by atoms with Crippen LogP contribution in [0.2, 0.25) is 0 Å². The van der Waals surface area contributed by atoms with Crippen LogP contribution in [0.15, 0.2) is 18.2 Å². The Morgan fingerprint density at radius 1 is 0.667 bits per heavy atom. The van der Waals surface area contributed by atoms with Crippen molar-refractivity contribution < 1.29 is 29.7 Å². The second-order valence-electron chi connectivity index (χ2n) is 6.59. The Hall–Kier alpha value is -2.49. The lowest BCUT2D eigenvalue weighted by molar-refractivity contribution is 0.0692. The summed E-state index contributed by atoms with van der Waals surface area (Å²) in [6.07, 6.45) is 0. The second-order valence-corrected chi connectivity index (χ2v) is 6.59. The third-order valence-electron chi connectivity index (χ3n) is 4.84. The summed E-state index contributed by atoms with van der Waals surface area (Å²) in [5.41, 5.74) is 0.432. The highest BCUT2D eigenvalue weighted by atomic mass is 16.3. The van der Waals surface area contributed by atoms with E-state index in [1.807, 2.05) is 0 Å². The van der Waals surface area contributed by atoms with Gasteiger partial charge in [-0.3, -0.25) is 14.4 Å². The fourth-order valence-electron chi connectivity index (χ4n) is 3.14. The molecule has 168 valence electrons. The first kappa shape index (κ1) is 25.5. The van der Waals surface area contributed by atoms with Crippen LogP contribution < -0.4 is 0 Å². The Morgan fingerprint density at radius 3 is 1.47 bits per heavy atom. The number of carbonyl (C=O) groups is 3. The normalized spacial score (nSPS) is 10.6. The minimum Gasteiger partial charge on any atom is -0.395 e. The van der Waals surface area contributed by atoms with Crippen LogP contribution in [0.25, 0.3) is 0 Å². The molecule has 0 spiro atoms. The summed E-state index contributed by atoms with van der Waals surface area (Å²) in [6, 6.07) is 4.33. The van der Waals surface area contributed by atoms with Gasteiger partial charge in [0.15, 0.2) is 0 Å². The molecule has 0 unspecified atom stereocenters. The highest BCUT2D eigenvalue weighted by molar-refractivity contribution is 6.09. The molecule has 30 heavy (non-hydrogen) atoms. The molecule has 0 atom stereocenters. The SMILES string of the molecule is CCN(CCO)C(=O)c1ccc(C(=O)N(CC)CCO)c(C(=O)N(CC)CCO)c1. The van der Waals surface area contributed by atoms with Gasteiger partial charge in [0.25, 0.3) is 17.7 Å². The van der Waals surface area contributed by atoms with Crippen LogP contribution in [0.5, 0.6) is 0 Å². The Bertz CT molecular complexity index is 725. The molecule has 0 saturated heterocycles. The van der Waals surface area contributed by atoms with Crippen LogP contribution >= 0.6 is 0 Å². The summed E-state index contributed by atoms with van der Waals surface area (Å²) < 4.78 is 0. The van der Waals surface area contributed by atoms with Crippen LogP contribution in [0, 0.1) is 0 Å². The summed E-state index contributed by atoms with van der Waals surface area (Å²) in [4.78, 5) is 43.2. The minimum atomic E-state index is -0.463. The maximum Gasteiger partial charge on any atom is 0.254 e. The summed E-state index contributed by atoms with van der Waals surface area (Å²) in [5.74, 6) is -1.24. The van der Waals surface area contributed by atoms with Gasteiger partial charge in [-0.15, -0.1) is 0 Å². The number of aliphatic hydroxyl groups excluding tert-OH is 3. The van der Waals surface area contributed by atoms with E-state index in [0.717, 1.165) is 0 Å². The molecule has 9 heteroatoms. The van der Waals surface area contributed by atoms with Gasteiger partial charge < -0.3 is 30.0 Å². The van der Waals surface area contributed by atoms with E-state index in [0.29, 0.717) is 19.6 Å². The molecule has 1 aromatic rings. The fourth-order valence-corrected chi connectivity index (χ4v) is 3.14. The summed E-state index contributed by atoms with van der Waals surface area (Å²) in [5, 5.41) is 27.7. The fraction of sp³-hybridized carbons (Fsp3) is 0.571. The molecule has 0 aliphatic heterocycles. The highest BCUT2D eigenvalue weighted by Crippen LogP contribution is 2.19. The van der Waals surface area contributed by atoms with Crippen molar-refractivity contribution >= 4 is 17.7 Å². The zero-order valence-electron chi connectivity index (χ0n) is 18.0. The van der Waals surface area contributed by atoms with Gasteiger partial charge in [-0.25, -0.2) is 0 Å². The number of hydrogen-bond donors (Lipinski definition) is 3. The van der Waals surface area contributed by atoms with E-state index in [4.69, 9.17) is 0 Å². The summed E-state index contributed by atoms with van der Waals surface area (Å²) in [7, 11) is 0. The van der Waals surface area contributed by atoms with Crippen molar-refractivity contribution in [3.63, 3.8) is 0 Å². The van der Waals surface area contributed by atoms with Crippen molar-refractivity contribution in [1.82, 2.24) is 14.7 Å². The maximum absolute atomic E-state index is 13.1. The van der Waals surface area contributed by atoms with Crippen molar-refractivity contribution in [1.29, 1.82) is 0 Å². The van der Waals surface area contributed by atoms with Crippen LogP contribution in [0.3, 0.4) is 0 Å². The van der Waals surface area contributed by atoms with Gasteiger partial charge in [-0.2, -0.15) is 0 Å². The van der Waals surface area contributed by atoms with Crippen molar-refractivity contribution in [3.8, 4) is 0 Å². The molecule has 3 N–H and O–H groups in total. The maximum atomic E-state index is 13.1. The third-order valence-corrected chi connectivity index (χ3v) is 4.84. The Morgan fingerprint density at radius 2 is 1.07 bits per heavy atom. The van der Waals surface area contributed by atoms with E-state index in [9.17, 15) is 29.7 Å². The van der Waals surface area contributed by atoms with Crippen molar-refractivity contribution in [3.05, 3.63) is 34.9 Å². The Balaban J connectivity index is 3.49. The standard InChI is InChI=1S/C21H33N3O6/c1-4-22(9-12-25)19(28)16-7-8-17(20(29)23(5-2)10-13-26)18(15-16)21(30)24(6-3)11-14-27/h7-8,15,25-27H,4-6,9-14H2,1-3H3. The molecular weight excluding hydrogens is 390 g/mol. The van der Waals surface area contributed by atoms with Gasteiger partial charge in [0.05, 0.1) is 30.9 Å². The molecule has 9 nitrogen and oxygen atoms in total. The summed E-state index contributed by atoms with van der Waals surface area (Å²) >= 11 is 0. The van der Waals surface area contributed by atoms with Gasteiger partial charge >= 0.3 is 0 Å². The number of hydrogen-bond acceptors (Lipinski definition) is 6. The number of benzene rings is 1. The molecule has 0 radical (unpaired) electrons. The van der Waals surface area contributed by atoms with Crippen molar-refractivity contribution in [2.24, 2.45) is 0 Å². The first-order valence-electron chi connectivity index (χ1n) is 10.2. The van der Waals surface area contributed by atoms with E-state index in [-0.39, 0.29) is 62.1 Å². The third kappa shape index (κ3) is 6.25. The van der Waals surface area contributed by atoms with Gasteiger partial charge in [-0.05, 0) is 39.0 Å². The lowest BCUT2D eigenvalue weighted by atomic mass is 10.00. The van der Waals surface area contributed by atoms with Crippen LogP contribution in [-0.2, 0) is 0 Å². The van der Waals surface area contributed by atoms with E-state index in [1.54, 1.807) is 20.8 Å². The molecular formula is C21H33N3O6. The number of nitrogens with zero attached hydrogens (tertiary/aromatic N) is 3. The van der Waals surface area contributed by atoms with Gasteiger partial charge in [0.1, 0.15) is 0 Å². The predicted octanol–water partition coefficient (Wildman–Crippen LogP) is 0.0498. The smallest absolute Gasteiger partial charge is 0.254 e. The average molecular weight is 424 g/mol. The van der Waals surface area contributed by atoms with E-state index < -0.39 is 11.8 Å². The molecule has 0 aliphatic carbocycles. The summed E-state index contributed by atoms with van der Waals surface area (Å²) in [6.45, 7) is 6.12. The second kappa shape index (κ2) is 12.9. The topological polar surface area (TPSA) is 122 Å². The first-order valence-corrected chi connectivity index (χ1v) is 10.2. The van der Waals surface area contributed by atoms with Gasteiger partial charge in [-0.1, -0.05) is 0 Å². The highest BCUT2D eigenvalue weighted by Gasteiger charge is 2.26. The zero-order valence-corrected chi connectivity index (χ0v) is 18.0. The van der Waals surface area contributed by atoms with Gasteiger partial charge in [0, 0.05) is 44.8 Å². The zero-order chi connectivity index (χ0) is 22.7. The lowest BCUT2D eigenvalue weighted by Crippen LogP contribution is -2.38. The molecule has 0 aliphatic rings. The largest absolute Gasteiger partial charge is 0.395 e. The van der Waals surface area contributed by atoms with Crippen molar-refractivity contribution in [2.45, 2.75) is 20.8 Å². The Kier molecular flexibility index (Phi) is 11.0. The number of carbonyl (C=O) groups excluding carboxylic acids is 3. The lowest BCUT2D eigenvalue weighted by Gasteiger charge is -2.25. The van der Waals surface area contributed by atoms with Crippen LogP contribution in [0.4, 0.5) is 0 Å². The van der Waals surface area contributed by atoms with E-state index >= 15 is 0 Å². The van der Waals surface area contributed by atoms with Crippen LogP contribution in [0.1, 0.15) is 51.8 Å². The van der Waals surface area contributed by atoms with E-state index in [1.165, 1.54) is 32.9 Å². The molecule has 1 rings (SSSR count). The van der Waals surface area contributed by atoms with Crippen molar-refractivity contribution in [2.75, 3.05) is 59.1 Å². The van der Waals surface area contributed by atoms with Crippen LogP contribution in [-0.4, -0.2) is 107 Å². The molecule has 0 saturated carbocycles.